The fraction of sp³-hybridized carbons (Fsp3) is 0.125. The Hall–Kier alpha value is -2.87. The molecule has 0 bridgehead atoms. The van der Waals surface area contributed by atoms with Gasteiger partial charge in [-0.3, -0.25) is 4.40 Å². The van der Waals surface area contributed by atoms with Gasteiger partial charge in [0.1, 0.15) is 5.75 Å². The van der Waals surface area contributed by atoms with E-state index in [1.165, 1.54) is 11.8 Å². The van der Waals surface area contributed by atoms with Crippen molar-refractivity contribution >= 4 is 17.4 Å². The molecule has 3 aromatic heterocycles. The first-order chi connectivity index (χ1) is 11.8. The highest BCUT2D eigenvalue weighted by molar-refractivity contribution is 7.98. The van der Waals surface area contributed by atoms with E-state index in [9.17, 15) is 0 Å². The van der Waals surface area contributed by atoms with Crippen LogP contribution in [0.25, 0.3) is 17.0 Å². The van der Waals surface area contributed by atoms with E-state index in [0.29, 0.717) is 17.5 Å². The summed E-state index contributed by atoms with van der Waals surface area (Å²) in [4.78, 5) is 4.42. The Labute approximate surface area is 141 Å². The smallest absolute Gasteiger partial charge is 0.237 e. The predicted molar refractivity (Wildman–Crippen MR) is 88.8 cm³/mol. The molecule has 0 aliphatic heterocycles. The van der Waals surface area contributed by atoms with Crippen molar-refractivity contribution in [2.45, 2.75) is 10.9 Å². The SMILES string of the molecule is COc1ccc(-c2noc(CSc3nnc4ccccn34)n2)cc1. The quantitative estimate of drug-likeness (QED) is 0.517. The Morgan fingerprint density at radius 1 is 1.12 bits per heavy atom. The summed E-state index contributed by atoms with van der Waals surface area (Å²) in [6.45, 7) is 0. The van der Waals surface area contributed by atoms with Gasteiger partial charge < -0.3 is 9.26 Å². The monoisotopic (exact) mass is 339 g/mol. The molecule has 0 amide bonds. The normalized spacial score (nSPS) is 11.0. The van der Waals surface area contributed by atoms with E-state index < -0.39 is 0 Å². The molecule has 0 atom stereocenters. The molecule has 0 unspecified atom stereocenters. The molecule has 8 heteroatoms. The number of nitrogens with zero attached hydrogens (tertiary/aromatic N) is 5. The molecule has 24 heavy (non-hydrogen) atoms. The molecule has 0 aliphatic rings. The lowest BCUT2D eigenvalue weighted by molar-refractivity contribution is 0.391. The van der Waals surface area contributed by atoms with Gasteiger partial charge in [-0.15, -0.1) is 10.2 Å². The summed E-state index contributed by atoms with van der Waals surface area (Å²) in [5.74, 6) is 2.41. The highest BCUT2D eigenvalue weighted by Crippen LogP contribution is 2.23. The van der Waals surface area contributed by atoms with Crippen LogP contribution in [0.3, 0.4) is 0 Å². The number of hydrogen-bond acceptors (Lipinski definition) is 7. The van der Waals surface area contributed by atoms with E-state index in [-0.39, 0.29) is 0 Å². The summed E-state index contributed by atoms with van der Waals surface area (Å²) in [5.41, 5.74) is 1.69. The van der Waals surface area contributed by atoms with Crippen molar-refractivity contribution in [1.82, 2.24) is 24.7 Å². The highest BCUT2D eigenvalue weighted by Gasteiger charge is 2.11. The number of aromatic nitrogens is 5. The summed E-state index contributed by atoms with van der Waals surface area (Å²) < 4.78 is 12.4. The molecule has 120 valence electrons. The minimum atomic E-state index is 0.527. The van der Waals surface area contributed by atoms with E-state index in [1.807, 2.05) is 53.1 Å². The van der Waals surface area contributed by atoms with Crippen LogP contribution in [-0.4, -0.2) is 31.8 Å². The van der Waals surface area contributed by atoms with Crippen LogP contribution in [0.15, 0.2) is 58.3 Å². The number of thioether (sulfide) groups is 1. The van der Waals surface area contributed by atoms with Gasteiger partial charge in [0, 0.05) is 11.8 Å². The number of fused-ring (bicyclic) bond motifs is 1. The zero-order chi connectivity index (χ0) is 16.4. The molecule has 4 rings (SSSR count). The second-order valence-corrected chi connectivity index (χ2v) is 5.88. The Morgan fingerprint density at radius 3 is 2.83 bits per heavy atom. The molecule has 4 aromatic rings. The third kappa shape index (κ3) is 2.83. The summed E-state index contributed by atoms with van der Waals surface area (Å²) in [5, 5.41) is 13.1. The van der Waals surface area contributed by atoms with Gasteiger partial charge in [-0.05, 0) is 36.4 Å². The molecule has 1 aromatic carbocycles. The zero-order valence-corrected chi connectivity index (χ0v) is 13.6. The largest absolute Gasteiger partial charge is 0.497 e. The lowest BCUT2D eigenvalue weighted by atomic mass is 10.2. The van der Waals surface area contributed by atoms with Gasteiger partial charge in [0.15, 0.2) is 10.8 Å². The fourth-order valence-electron chi connectivity index (χ4n) is 2.22. The van der Waals surface area contributed by atoms with Crippen LogP contribution in [0.5, 0.6) is 5.75 Å². The summed E-state index contributed by atoms with van der Waals surface area (Å²) >= 11 is 1.50. The van der Waals surface area contributed by atoms with Crippen molar-refractivity contribution in [1.29, 1.82) is 0 Å². The van der Waals surface area contributed by atoms with Crippen molar-refractivity contribution in [3.05, 3.63) is 54.6 Å². The number of ether oxygens (including phenoxy) is 1. The lowest BCUT2D eigenvalue weighted by Crippen LogP contribution is -1.88. The topological polar surface area (TPSA) is 78.3 Å². The first-order valence-electron chi connectivity index (χ1n) is 7.23. The van der Waals surface area contributed by atoms with Gasteiger partial charge >= 0.3 is 0 Å². The van der Waals surface area contributed by atoms with Gasteiger partial charge in [0.2, 0.25) is 11.7 Å². The van der Waals surface area contributed by atoms with Crippen LogP contribution in [0.1, 0.15) is 5.89 Å². The van der Waals surface area contributed by atoms with Gasteiger partial charge in [-0.2, -0.15) is 4.98 Å². The van der Waals surface area contributed by atoms with E-state index in [0.717, 1.165) is 22.1 Å². The van der Waals surface area contributed by atoms with Gasteiger partial charge in [-0.1, -0.05) is 23.0 Å². The molecule has 0 spiro atoms. The van der Waals surface area contributed by atoms with Crippen LogP contribution in [-0.2, 0) is 5.75 Å². The van der Waals surface area contributed by atoms with Crippen molar-refractivity contribution in [3.63, 3.8) is 0 Å². The average molecular weight is 339 g/mol. The Morgan fingerprint density at radius 2 is 2.00 bits per heavy atom. The van der Waals surface area contributed by atoms with E-state index in [1.54, 1.807) is 7.11 Å². The van der Waals surface area contributed by atoms with Crippen LogP contribution in [0, 0.1) is 0 Å². The number of hydrogen-bond donors (Lipinski definition) is 0. The molecule has 0 fully saturated rings. The molecule has 0 saturated carbocycles. The second-order valence-electron chi connectivity index (χ2n) is 4.94. The lowest BCUT2D eigenvalue weighted by Gasteiger charge is -1.99. The summed E-state index contributed by atoms with van der Waals surface area (Å²) in [7, 11) is 1.63. The molecular weight excluding hydrogens is 326 g/mol. The van der Waals surface area contributed by atoms with Crippen LogP contribution >= 0.6 is 11.8 Å². The first kappa shape index (κ1) is 14.7. The van der Waals surface area contributed by atoms with Gasteiger partial charge in [0.25, 0.3) is 0 Å². The molecule has 0 saturated heterocycles. The maximum absolute atomic E-state index is 5.32. The number of benzene rings is 1. The number of pyridine rings is 1. The van der Waals surface area contributed by atoms with Gasteiger partial charge in [0.05, 0.1) is 12.9 Å². The summed E-state index contributed by atoms with van der Waals surface area (Å²) in [6.07, 6.45) is 1.92. The molecule has 0 radical (unpaired) electrons. The second kappa shape index (κ2) is 6.32. The van der Waals surface area contributed by atoms with E-state index >= 15 is 0 Å². The third-order valence-corrected chi connectivity index (χ3v) is 4.35. The predicted octanol–water partition coefficient (Wildman–Crippen LogP) is 3.08. The van der Waals surface area contributed by atoms with Crippen LogP contribution < -0.4 is 4.74 Å². The maximum atomic E-state index is 5.32. The van der Waals surface area contributed by atoms with E-state index in [4.69, 9.17) is 9.26 Å². The Kier molecular flexibility index (Phi) is 3.87. The van der Waals surface area contributed by atoms with Crippen LogP contribution in [0.2, 0.25) is 0 Å². The highest BCUT2D eigenvalue weighted by atomic mass is 32.2. The first-order valence-corrected chi connectivity index (χ1v) is 8.21. The van der Waals surface area contributed by atoms with Crippen molar-refractivity contribution in [2.75, 3.05) is 7.11 Å². The molecule has 0 N–H and O–H groups in total. The average Bonchev–Trinajstić information content (AvgIpc) is 3.27. The summed E-state index contributed by atoms with van der Waals surface area (Å²) in [6, 6.07) is 13.3. The molecule has 7 nitrogen and oxygen atoms in total. The molecular formula is C16H13N5O2S. The standard InChI is InChI=1S/C16H13N5O2S/c1-22-12-7-5-11(6-8-12)15-17-14(23-20-15)10-24-16-19-18-13-4-2-3-9-21(13)16/h2-9H,10H2,1H3. The minimum absolute atomic E-state index is 0.527. The zero-order valence-electron chi connectivity index (χ0n) is 12.8. The minimum Gasteiger partial charge on any atom is -0.497 e. The van der Waals surface area contributed by atoms with Crippen molar-refractivity contribution in [3.8, 4) is 17.1 Å². The van der Waals surface area contributed by atoms with Crippen molar-refractivity contribution in [2.24, 2.45) is 0 Å². The van der Waals surface area contributed by atoms with Gasteiger partial charge in [-0.25, -0.2) is 0 Å². The molecule has 3 heterocycles. The third-order valence-electron chi connectivity index (χ3n) is 3.42. The Balaban J connectivity index is 1.48. The number of methoxy groups -OCH3 is 1. The van der Waals surface area contributed by atoms with Crippen molar-refractivity contribution < 1.29 is 9.26 Å². The number of rotatable bonds is 5. The molecule has 0 aliphatic carbocycles. The van der Waals surface area contributed by atoms with Crippen LogP contribution in [0.4, 0.5) is 0 Å². The maximum Gasteiger partial charge on any atom is 0.237 e. The Bertz CT molecular complexity index is 964. The fourth-order valence-corrected chi connectivity index (χ4v) is 2.98. The van der Waals surface area contributed by atoms with E-state index in [2.05, 4.69) is 20.3 Å².